The molecule has 2 aromatic rings. The Morgan fingerprint density at radius 2 is 1.44 bits per heavy atom. The lowest BCUT2D eigenvalue weighted by Gasteiger charge is -2.18. The number of aryl methyl sites for hydroxylation is 1. The lowest BCUT2D eigenvalue weighted by molar-refractivity contribution is -0.130. The van der Waals surface area contributed by atoms with Gasteiger partial charge in [0.05, 0.1) is 28.4 Å². The SMILES string of the molecule is COc1cc(CCC(=O)N(C)Cc2ccc(OC)c(OC)c2)cc(OC)c1. The first-order valence-corrected chi connectivity index (χ1v) is 8.67. The number of carbonyl (C=O) groups is 1. The second kappa shape index (κ2) is 9.71. The highest BCUT2D eigenvalue weighted by Crippen LogP contribution is 2.28. The molecule has 0 fully saturated rings. The van der Waals surface area contributed by atoms with Crippen LogP contribution in [0.1, 0.15) is 17.5 Å². The molecule has 0 N–H and O–H groups in total. The van der Waals surface area contributed by atoms with Crippen molar-refractivity contribution in [3.63, 3.8) is 0 Å². The molecule has 0 saturated carbocycles. The first kappa shape index (κ1) is 20.4. The number of rotatable bonds is 9. The zero-order valence-electron chi connectivity index (χ0n) is 16.6. The van der Waals surface area contributed by atoms with Crippen LogP contribution in [0.4, 0.5) is 0 Å². The molecule has 0 aromatic heterocycles. The Morgan fingerprint density at radius 3 is 2.00 bits per heavy atom. The van der Waals surface area contributed by atoms with E-state index >= 15 is 0 Å². The van der Waals surface area contributed by atoms with Gasteiger partial charge in [-0.2, -0.15) is 0 Å². The fraction of sp³-hybridized carbons (Fsp3) is 0.381. The Hall–Kier alpha value is -2.89. The second-order valence-corrected chi connectivity index (χ2v) is 6.16. The molecule has 27 heavy (non-hydrogen) atoms. The van der Waals surface area contributed by atoms with Crippen LogP contribution in [0, 0.1) is 0 Å². The third kappa shape index (κ3) is 5.54. The summed E-state index contributed by atoms with van der Waals surface area (Å²) in [4.78, 5) is 14.2. The Labute approximate surface area is 160 Å². The third-order valence-electron chi connectivity index (χ3n) is 4.33. The van der Waals surface area contributed by atoms with Crippen molar-refractivity contribution >= 4 is 5.91 Å². The van der Waals surface area contributed by atoms with E-state index in [4.69, 9.17) is 18.9 Å². The number of hydrogen-bond acceptors (Lipinski definition) is 5. The Bertz CT molecular complexity index is 753. The van der Waals surface area contributed by atoms with Gasteiger partial charge in [-0.3, -0.25) is 4.79 Å². The van der Waals surface area contributed by atoms with Crippen molar-refractivity contribution in [2.45, 2.75) is 19.4 Å². The van der Waals surface area contributed by atoms with Gasteiger partial charge in [0.15, 0.2) is 11.5 Å². The van der Waals surface area contributed by atoms with E-state index in [0.29, 0.717) is 30.9 Å². The summed E-state index contributed by atoms with van der Waals surface area (Å²) in [5.41, 5.74) is 1.98. The van der Waals surface area contributed by atoms with Crippen LogP contribution >= 0.6 is 0 Å². The number of methoxy groups -OCH3 is 4. The van der Waals surface area contributed by atoms with E-state index in [2.05, 4.69) is 0 Å². The van der Waals surface area contributed by atoms with Crippen LogP contribution in [0.5, 0.6) is 23.0 Å². The highest BCUT2D eigenvalue weighted by Gasteiger charge is 2.12. The normalized spacial score (nSPS) is 10.3. The molecule has 2 aromatic carbocycles. The number of hydrogen-bond donors (Lipinski definition) is 0. The molecule has 6 heteroatoms. The first-order chi connectivity index (χ1) is 13.0. The summed E-state index contributed by atoms with van der Waals surface area (Å²) in [6.45, 7) is 0.501. The van der Waals surface area contributed by atoms with Gasteiger partial charge in [0.2, 0.25) is 5.91 Å². The topological polar surface area (TPSA) is 57.2 Å². The molecule has 0 aliphatic rings. The van der Waals surface area contributed by atoms with E-state index in [1.54, 1.807) is 40.4 Å². The number of benzene rings is 2. The molecular weight excluding hydrogens is 346 g/mol. The van der Waals surface area contributed by atoms with Crippen molar-refractivity contribution in [2.75, 3.05) is 35.5 Å². The third-order valence-corrected chi connectivity index (χ3v) is 4.33. The summed E-state index contributed by atoms with van der Waals surface area (Å²) in [6.07, 6.45) is 1.02. The Morgan fingerprint density at radius 1 is 0.815 bits per heavy atom. The van der Waals surface area contributed by atoms with Crippen LogP contribution in [0.3, 0.4) is 0 Å². The predicted octanol–water partition coefficient (Wildman–Crippen LogP) is 3.31. The van der Waals surface area contributed by atoms with E-state index in [-0.39, 0.29) is 5.91 Å². The minimum Gasteiger partial charge on any atom is -0.497 e. The minimum atomic E-state index is 0.0616. The minimum absolute atomic E-state index is 0.0616. The van der Waals surface area contributed by atoms with Crippen molar-refractivity contribution in [3.8, 4) is 23.0 Å². The molecule has 0 unspecified atom stereocenters. The quantitative estimate of drug-likeness (QED) is 0.675. The number of carbonyl (C=O) groups excluding carboxylic acids is 1. The molecule has 0 spiro atoms. The van der Waals surface area contributed by atoms with Gasteiger partial charge in [-0.15, -0.1) is 0 Å². The largest absolute Gasteiger partial charge is 0.497 e. The van der Waals surface area contributed by atoms with Gasteiger partial charge in [0, 0.05) is 26.1 Å². The van der Waals surface area contributed by atoms with Crippen molar-refractivity contribution < 1.29 is 23.7 Å². The number of ether oxygens (including phenoxy) is 4. The first-order valence-electron chi connectivity index (χ1n) is 8.67. The Balaban J connectivity index is 1.98. The highest BCUT2D eigenvalue weighted by molar-refractivity contribution is 5.76. The molecule has 0 aliphatic heterocycles. The summed E-state index contributed by atoms with van der Waals surface area (Å²) in [7, 11) is 8.21. The second-order valence-electron chi connectivity index (χ2n) is 6.16. The van der Waals surface area contributed by atoms with E-state index in [0.717, 1.165) is 22.6 Å². The van der Waals surface area contributed by atoms with Crippen LogP contribution in [-0.2, 0) is 17.8 Å². The van der Waals surface area contributed by atoms with Gasteiger partial charge in [-0.1, -0.05) is 6.07 Å². The fourth-order valence-electron chi connectivity index (χ4n) is 2.79. The lowest BCUT2D eigenvalue weighted by Crippen LogP contribution is -2.26. The summed E-state index contributed by atoms with van der Waals surface area (Å²) >= 11 is 0. The maximum Gasteiger partial charge on any atom is 0.222 e. The van der Waals surface area contributed by atoms with Gasteiger partial charge >= 0.3 is 0 Å². The van der Waals surface area contributed by atoms with E-state index in [1.807, 2.05) is 36.4 Å². The van der Waals surface area contributed by atoms with Crippen LogP contribution in [0.15, 0.2) is 36.4 Å². The van der Waals surface area contributed by atoms with E-state index in [1.165, 1.54) is 0 Å². The highest BCUT2D eigenvalue weighted by atomic mass is 16.5. The molecule has 0 heterocycles. The molecule has 0 saturated heterocycles. The predicted molar refractivity (Wildman–Crippen MR) is 104 cm³/mol. The van der Waals surface area contributed by atoms with Gasteiger partial charge in [-0.25, -0.2) is 0 Å². The summed E-state index contributed by atoms with van der Waals surface area (Å²) in [6, 6.07) is 11.3. The Kier molecular flexibility index (Phi) is 7.34. The van der Waals surface area contributed by atoms with E-state index in [9.17, 15) is 4.79 Å². The summed E-state index contributed by atoms with van der Waals surface area (Å²) in [5, 5.41) is 0. The van der Waals surface area contributed by atoms with Crippen molar-refractivity contribution in [2.24, 2.45) is 0 Å². The maximum absolute atomic E-state index is 12.5. The standard InChI is InChI=1S/C21H27NO5/c1-22(14-16-6-8-19(26-4)20(12-16)27-5)21(23)9-7-15-10-17(24-2)13-18(11-15)25-3/h6,8,10-13H,7,9,14H2,1-5H3. The van der Waals surface area contributed by atoms with Gasteiger partial charge in [0.1, 0.15) is 11.5 Å². The van der Waals surface area contributed by atoms with Crippen LogP contribution in [0.25, 0.3) is 0 Å². The molecule has 0 aliphatic carbocycles. The maximum atomic E-state index is 12.5. The van der Waals surface area contributed by atoms with Crippen LogP contribution in [0.2, 0.25) is 0 Å². The van der Waals surface area contributed by atoms with Gasteiger partial charge in [-0.05, 0) is 41.8 Å². The fourth-order valence-corrected chi connectivity index (χ4v) is 2.79. The van der Waals surface area contributed by atoms with Crippen molar-refractivity contribution in [1.29, 1.82) is 0 Å². The van der Waals surface area contributed by atoms with Crippen molar-refractivity contribution in [3.05, 3.63) is 47.5 Å². The molecule has 146 valence electrons. The average molecular weight is 373 g/mol. The smallest absolute Gasteiger partial charge is 0.222 e. The number of nitrogens with zero attached hydrogens (tertiary/aromatic N) is 1. The van der Waals surface area contributed by atoms with Crippen LogP contribution in [-0.4, -0.2) is 46.3 Å². The van der Waals surface area contributed by atoms with Crippen LogP contribution < -0.4 is 18.9 Å². The molecular formula is C21H27NO5. The van der Waals surface area contributed by atoms with Gasteiger partial charge in [0.25, 0.3) is 0 Å². The zero-order valence-corrected chi connectivity index (χ0v) is 16.6. The van der Waals surface area contributed by atoms with Crippen molar-refractivity contribution in [1.82, 2.24) is 4.90 Å². The van der Waals surface area contributed by atoms with E-state index < -0.39 is 0 Å². The molecule has 1 amide bonds. The molecule has 6 nitrogen and oxygen atoms in total. The molecule has 0 atom stereocenters. The average Bonchev–Trinajstić information content (AvgIpc) is 2.71. The lowest BCUT2D eigenvalue weighted by atomic mass is 10.1. The summed E-state index contributed by atoms with van der Waals surface area (Å²) < 4.78 is 21.1. The molecule has 2 rings (SSSR count). The molecule has 0 bridgehead atoms. The molecule has 0 radical (unpaired) electrons. The monoisotopic (exact) mass is 373 g/mol. The zero-order chi connectivity index (χ0) is 19.8. The summed E-state index contributed by atoms with van der Waals surface area (Å²) in [5.74, 6) is 2.82. The number of amides is 1. The van der Waals surface area contributed by atoms with Gasteiger partial charge < -0.3 is 23.8 Å².